The van der Waals surface area contributed by atoms with Crippen LogP contribution in [0.2, 0.25) is 0 Å². The first-order chi connectivity index (χ1) is 9.83. The molecule has 0 bridgehead atoms. The fourth-order valence-electron chi connectivity index (χ4n) is 2.43. The normalized spacial score (nSPS) is 21.4. The first-order valence-electron chi connectivity index (χ1n) is 7.22. The van der Waals surface area contributed by atoms with E-state index in [9.17, 15) is 4.79 Å². The number of furan rings is 1. The first-order valence-corrected chi connectivity index (χ1v) is 7.22. The zero-order chi connectivity index (χ0) is 13.8. The molecule has 6 nitrogen and oxygen atoms in total. The number of carbonyl (C=O) groups excluding carboxylic acids is 1. The van der Waals surface area contributed by atoms with E-state index in [1.165, 1.54) is 0 Å². The minimum absolute atomic E-state index is 0.0684. The van der Waals surface area contributed by atoms with Gasteiger partial charge in [0, 0.05) is 25.7 Å². The summed E-state index contributed by atoms with van der Waals surface area (Å²) in [5.74, 6) is 0.888. The molecule has 1 atom stereocenters. The molecule has 2 N–H and O–H groups in total. The van der Waals surface area contributed by atoms with Crippen LogP contribution in [0.1, 0.15) is 24.6 Å². The smallest absolute Gasteiger partial charge is 0.315 e. The van der Waals surface area contributed by atoms with E-state index in [1.807, 2.05) is 12.1 Å². The third kappa shape index (κ3) is 3.52. The molecule has 0 spiro atoms. The van der Waals surface area contributed by atoms with E-state index >= 15 is 0 Å². The highest BCUT2D eigenvalue weighted by Gasteiger charge is 2.27. The molecule has 6 heteroatoms. The third-order valence-corrected chi connectivity index (χ3v) is 3.73. The van der Waals surface area contributed by atoms with Crippen molar-refractivity contribution in [3.8, 4) is 0 Å². The molecule has 20 heavy (non-hydrogen) atoms. The maximum absolute atomic E-state index is 11.8. The summed E-state index contributed by atoms with van der Waals surface area (Å²) in [6.45, 7) is 3.72. The summed E-state index contributed by atoms with van der Waals surface area (Å²) in [6, 6.07) is 4.20. The van der Waals surface area contributed by atoms with Crippen LogP contribution in [-0.2, 0) is 4.74 Å². The topological polar surface area (TPSA) is 66.7 Å². The summed E-state index contributed by atoms with van der Waals surface area (Å²) in [6.07, 6.45) is 3.87. The van der Waals surface area contributed by atoms with Gasteiger partial charge in [-0.2, -0.15) is 0 Å². The molecule has 1 saturated carbocycles. The number of hydrogen-bond acceptors (Lipinski definition) is 4. The summed E-state index contributed by atoms with van der Waals surface area (Å²) >= 11 is 0. The first kappa shape index (κ1) is 13.5. The number of ether oxygens (including phenoxy) is 1. The van der Waals surface area contributed by atoms with Gasteiger partial charge in [-0.15, -0.1) is 0 Å². The molecule has 2 heterocycles. The zero-order valence-corrected chi connectivity index (χ0v) is 11.5. The Morgan fingerprint density at radius 3 is 2.85 bits per heavy atom. The Hall–Kier alpha value is -1.53. The van der Waals surface area contributed by atoms with Crippen LogP contribution in [0.25, 0.3) is 0 Å². The Kier molecular flexibility index (Phi) is 4.22. The number of nitrogens with one attached hydrogen (secondary N) is 2. The number of carbonyl (C=O) groups is 1. The monoisotopic (exact) mass is 279 g/mol. The van der Waals surface area contributed by atoms with E-state index in [2.05, 4.69) is 15.5 Å². The Labute approximate surface area is 118 Å². The molecule has 1 aromatic heterocycles. The van der Waals surface area contributed by atoms with E-state index in [0.717, 1.165) is 44.9 Å². The fraction of sp³-hybridized carbons (Fsp3) is 0.643. The van der Waals surface area contributed by atoms with Gasteiger partial charge in [-0.1, -0.05) is 0 Å². The lowest BCUT2D eigenvalue weighted by molar-refractivity contribution is 0.0123. The summed E-state index contributed by atoms with van der Waals surface area (Å²) < 4.78 is 10.9. The van der Waals surface area contributed by atoms with Gasteiger partial charge in [0.1, 0.15) is 5.76 Å². The number of morpholine rings is 1. The SMILES string of the molecule is O=C(NC[C@@H](c1ccco1)N1CCOCC1)NC1CC1. The fourth-order valence-corrected chi connectivity index (χ4v) is 2.43. The Bertz CT molecular complexity index is 425. The standard InChI is InChI=1S/C14H21N3O3/c18-14(16-11-3-4-11)15-10-12(13-2-1-7-20-13)17-5-8-19-9-6-17/h1-2,7,11-12H,3-6,8-10H2,(H2,15,16,18)/t12-/m0/s1. The lowest BCUT2D eigenvalue weighted by Gasteiger charge is -2.33. The summed E-state index contributed by atoms with van der Waals surface area (Å²) in [5, 5.41) is 5.88. The highest BCUT2D eigenvalue weighted by atomic mass is 16.5. The average molecular weight is 279 g/mol. The number of urea groups is 1. The predicted molar refractivity (Wildman–Crippen MR) is 73.4 cm³/mol. The van der Waals surface area contributed by atoms with Crippen LogP contribution in [0.3, 0.4) is 0 Å². The molecule has 2 aliphatic rings. The van der Waals surface area contributed by atoms with Crippen LogP contribution < -0.4 is 10.6 Å². The van der Waals surface area contributed by atoms with Crippen LogP contribution in [0, 0.1) is 0 Å². The number of rotatable bonds is 5. The van der Waals surface area contributed by atoms with Crippen LogP contribution >= 0.6 is 0 Å². The van der Waals surface area contributed by atoms with Crippen molar-refractivity contribution in [2.24, 2.45) is 0 Å². The molecule has 0 radical (unpaired) electrons. The number of amides is 2. The van der Waals surface area contributed by atoms with Gasteiger partial charge in [0.05, 0.1) is 25.5 Å². The van der Waals surface area contributed by atoms with Gasteiger partial charge in [0.25, 0.3) is 0 Å². The second-order valence-electron chi connectivity index (χ2n) is 5.31. The van der Waals surface area contributed by atoms with Gasteiger partial charge < -0.3 is 19.8 Å². The minimum atomic E-state index is -0.0858. The van der Waals surface area contributed by atoms with Crippen molar-refractivity contribution in [1.29, 1.82) is 0 Å². The van der Waals surface area contributed by atoms with Gasteiger partial charge in [-0.3, -0.25) is 4.90 Å². The van der Waals surface area contributed by atoms with Crippen LogP contribution in [0.4, 0.5) is 4.79 Å². The van der Waals surface area contributed by atoms with Crippen molar-refractivity contribution in [1.82, 2.24) is 15.5 Å². The molecule has 110 valence electrons. The molecule has 1 aliphatic carbocycles. The van der Waals surface area contributed by atoms with Gasteiger partial charge in [-0.05, 0) is 25.0 Å². The Morgan fingerprint density at radius 1 is 1.40 bits per heavy atom. The molecular formula is C14H21N3O3. The molecule has 2 amide bonds. The van der Waals surface area contributed by atoms with Crippen LogP contribution in [0.5, 0.6) is 0 Å². The van der Waals surface area contributed by atoms with Crippen molar-refractivity contribution >= 4 is 6.03 Å². The quantitative estimate of drug-likeness (QED) is 0.847. The summed E-state index contributed by atoms with van der Waals surface area (Å²) in [5.41, 5.74) is 0. The largest absolute Gasteiger partial charge is 0.468 e. The molecule has 0 unspecified atom stereocenters. The van der Waals surface area contributed by atoms with Gasteiger partial charge in [0.2, 0.25) is 0 Å². The summed E-state index contributed by atoms with van der Waals surface area (Å²) in [7, 11) is 0. The Morgan fingerprint density at radius 2 is 2.20 bits per heavy atom. The molecule has 2 fully saturated rings. The molecular weight excluding hydrogens is 258 g/mol. The Balaban J connectivity index is 1.57. The van der Waals surface area contributed by atoms with Crippen molar-refractivity contribution < 1.29 is 13.9 Å². The van der Waals surface area contributed by atoms with Gasteiger partial charge >= 0.3 is 6.03 Å². The van der Waals surface area contributed by atoms with E-state index in [1.54, 1.807) is 6.26 Å². The average Bonchev–Trinajstić information content (AvgIpc) is 3.12. The molecule has 1 aliphatic heterocycles. The molecule has 1 aromatic rings. The molecule has 0 aromatic carbocycles. The van der Waals surface area contributed by atoms with E-state index in [-0.39, 0.29) is 12.1 Å². The van der Waals surface area contributed by atoms with Crippen LogP contribution in [0.15, 0.2) is 22.8 Å². The van der Waals surface area contributed by atoms with Crippen molar-refractivity contribution in [3.63, 3.8) is 0 Å². The lowest BCUT2D eigenvalue weighted by Crippen LogP contribution is -2.46. The molecule has 3 rings (SSSR count). The number of hydrogen-bond donors (Lipinski definition) is 2. The van der Waals surface area contributed by atoms with Crippen molar-refractivity contribution in [3.05, 3.63) is 24.2 Å². The van der Waals surface area contributed by atoms with Crippen LogP contribution in [-0.4, -0.2) is 49.8 Å². The minimum Gasteiger partial charge on any atom is -0.468 e. The highest BCUT2D eigenvalue weighted by Crippen LogP contribution is 2.22. The second kappa shape index (κ2) is 6.28. The number of nitrogens with zero attached hydrogens (tertiary/aromatic N) is 1. The zero-order valence-electron chi connectivity index (χ0n) is 11.5. The lowest BCUT2D eigenvalue weighted by atomic mass is 10.1. The maximum Gasteiger partial charge on any atom is 0.315 e. The molecule has 1 saturated heterocycles. The second-order valence-corrected chi connectivity index (χ2v) is 5.31. The van der Waals surface area contributed by atoms with Crippen molar-refractivity contribution in [2.45, 2.75) is 24.9 Å². The maximum atomic E-state index is 11.8. The third-order valence-electron chi connectivity index (χ3n) is 3.73. The van der Waals surface area contributed by atoms with E-state index < -0.39 is 0 Å². The van der Waals surface area contributed by atoms with E-state index in [0.29, 0.717) is 12.6 Å². The van der Waals surface area contributed by atoms with E-state index in [4.69, 9.17) is 9.15 Å². The van der Waals surface area contributed by atoms with Crippen molar-refractivity contribution in [2.75, 3.05) is 32.8 Å². The van der Waals surface area contributed by atoms with Gasteiger partial charge in [-0.25, -0.2) is 4.79 Å². The summed E-state index contributed by atoms with van der Waals surface area (Å²) in [4.78, 5) is 14.0. The van der Waals surface area contributed by atoms with Gasteiger partial charge in [0.15, 0.2) is 0 Å². The predicted octanol–water partition coefficient (Wildman–Crippen LogP) is 1.11. The highest BCUT2D eigenvalue weighted by molar-refractivity contribution is 5.74.